The number of carboxylic acids is 1. The lowest BCUT2D eigenvalue weighted by Gasteiger charge is -2.16. The SMILES string of the molecule is O=C(O)[C@H]1CN(C(=O)c2ccc(S(=O)(=O)C(F)F)cc2)C[C@@H]1C1CC1. The van der Waals surface area contributed by atoms with Crippen molar-refractivity contribution in [1.29, 1.82) is 0 Å². The molecule has 6 nitrogen and oxygen atoms in total. The Morgan fingerprint density at radius 2 is 1.72 bits per heavy atom. The maximum absolute atomic E-state index is 12.5. The van der Waals surface area contributed by atoms with Crippen LogP contribution >= 0.6 is 0 Å². The van der Waals surface area contributed by atoms with E-state index in [4.69, 9.17) is 0 Å². The quantitative estimate of drug-likeness (QED) is 0.851. The van der Waals surface area contributed by atoms with Gasteiger partial charge < -0.3 is 10.0 Å². The van der Waals surface area contributed by atoms with E-state index in [0.29, 0.717) is 12.5 Å². The number of likely N-dealkylation sites (tertiary alicyclic amines) is 1. The number of sulfone groups is 1. The Balaban J connectivity index is 1.76. The number of hydrogen-bond acceptors (Lipinski definition) is 4. The third-order valence-corrected chi connectivity index (χ3v) is 6.26. The van der Waals surface area contributed by atoms with Crippen LogP contribution in [-0.2, 0) is 14.6 Å². The van der Waals surface area contributed by atoms with Crippen LogP contribution in [0.15, 0.2) is 29.2 Å². The van der Waals surface area contributed by atoms with Gasteiger partial charge in [0.25, 0.3) is 5.91 Å². The molecule has 1 saturated carbocycles. The Morgan fingerprint density at radius 1 is 1.12 bits per heavy atom. The molecule has 9 heteroatoms. The molecule has 1 aromatic carbocycles. The summed E-state index contributed by atoms with van der Waals surface area (Å²) >= 11 is 0. The van der Waals surface area contributed by atoms with Crippen LogP contribution in [0.4, 0.5) is 8.78 Å². The molecular weight excluding hydrogens is 356 g/mol. The fourth-order valence-electron chi connectivity index (χ4n) is 3.33. The normalized spacial score (nSPS) is 23.9. The van der Waals surface area contributed by atoms with E-state index in [1.54, 1.807) is 0 Å². The summed E-state index contributed by atoms with van der Waals surface area (Å²) in [4.78, 5) is 24.8. The molecular formula is C16H17F2NO5S. The van der Waals surface area contributed by atoms with Crippen LogP contribution in [0.2, 0.25) is 0 Å². The molecule has 1 heterocycles. The minimum Gasteiger partial charge on any atom is -0.481 e. The lowest BCUT2D eigenvalue weighted by molar-refractivity contribution is -0.142. The molecule has 0 spiro atoms. The lowest BCUT2D eigenvalue weighted by atomic mass is 9.92. The monoisotopic (exact) mass is 373 g/mol. The summed E-state index contributed by atoms with van der Waals surface area (Å²) in [6.45, 7) is 0.448. The number of benzene rings is 1. The number of hydrogen-bond donors (Lipinski definition) is 1. The minimum atomic E-state index is -4.71. The molecule has 0 radical (unpaired) electrons. The molecule has 1 saturated heterocycles. The summed E-state index contributed by atoms with van der Waals surface area (Å²) in [5, 5.41) is 9.33. The predicted molar refractivity (Wildman–Crippen MR) is 82.9 cm³/mol. The maximum Gasteiger partial charge on any atom is 0.341 e. The van der Waals surface area contributed by atoms with Crippen LogP contribution in [0.5, 0.6) is 0 Å². The van der Waals surface area contributed by atoms with Crippen molar-refractivity contribution in [1.82, 2.24) is 4.90 Å². The molecule has 0 aromatic heterocycles. The number of amides is 1. The van der Waals surface area contributed by atoms with Crippen molar-refractivity contribution in [2.45, 2.75) is 23.5 Å². The van der Waals surface area contributed by atoms with Crippen molar-refractivity contribution in [2.75, 3.05) is 13.1 Å². The van der Waals surface area contributed by atoms with E-state index in [1.807, 2.05) is 0 Å². The van der Waals surface area contributed by atoms with Crippen LogP contribution in [0.3, 0.4) is 0 Å². The van der Waals surface area contributed by atoms with Crippen molar-refractivity contribution in [3.8, 4) is 0 Å². The number of nitrogens with zero attached hydrogens (tertiary/aromatic N) is 1. The van der Waals surface area contributed by atoms with Crippen molar-refractivity contribution in [3.63, 3.8) is 0 Å². The minimum absolute atomic E-state index is 0.0695. The smallest absolute Gasteiger partial charge is 0.341 e. The highest BCUT2D eigenvalue weighted by molar-refractivity contribution is 7.91. The highest BCUT2D eigenvalue weighted by atomic mass is 32.2. The first kappa shape index (κ1) is 17.8. The van der Waals surface area contributed by atoms with Crippen molar-refractivity contribution in [2.24, 2.45) is 17.8 Å². The Hall–Kier alpha value is -2.03. The van der Waals surface area contributed by atoms with Gasteiger partial charge in [-0.05, 0) is 48.9 Å². The highest BCUT2D eigenvalue weighted by Gasteiger charge is 2.46. The van der Waals surface area contributed by atoms with Crippen LogP contribution in [0, 0.1) is 17.8 Å². The summed E-state index contributed by atoms with van der Waals surface area (Å²) in [6, 6.07) is 4.30. The van der Waals surface area contributed by atoms with Crippen molar-refractivity contribution >= 4 is 21.7 Å². The molecule has 0 bridgehead atoms. The second-order valence-electron chi connectivity index (χ2n) is 6.49. The van der Waals surface area contributed by atoms with Crippen LogP contribution in [0.1, 0.15) is 23.2 Å². The van der Waals surface area contributed by atoms with Crippen LogP contribution in [-0.4, -0.2) is 49.1 Å². The number of carboxylic acid groups (broad SMARTS) is 1. The maximum atomic E-state index is 12.5. The largest absolute Gasteiger partial charge is 0.481 e. The van der Waals surface area contributed by atoms with Gasteiger partial charge in [0.15, 0.2) is 0 Å². The van der Waals surface area contributed by atoms with Gasteiger partial charge in [0.2, 0.25) is 9.84 Å². The Bertz CT molecular complexity index is 789. The van der Waals surface area contributed by atoms with Gasteiger partial charge in [-0.25, -0.2) is 8.42 Å². The third-order valence-electron chi connectivity index (χ3n) is 4.86. The molecule has 2 fully saturated rings. The number of rotatable bonds is 5. The zero-order chi connectivity index (χ0) is 18.4. The van der Waals surface area contributed by atoms with Gasteiger partial charge in [-0.2, -0.15) is 8.78 Å². The van der Waals surface area contributed by atoms with E-state index in [2.05, 4.69) is 0 Å². The highest BCUT2D eigenvalue weighted by Crippen LogP contribution is 2.44. The Labute approximate surface area is 143 Å². The Morgan fingerprint density at radius 3 is 2.20 bits per heavy atom. The number of carbonyl (C=O) groups is 2. The summed E-state index contributed by atoms with van der Waals surface area (Å²) in [7, 11) is -4.71. The first-order valence-corrected chi connectivity index (χ1v) is 9.40. The number of halogens is 2. The molecule has 2 atom stereocenters. The van der Waals surface area contributed by atoms with E-state index in [1.165, 1.54) is 17.0 Å². The molecule has 136 valence electrons. The van der Waals surface area contributed by atoms with Crippen LogP contribution < -0.4 is 0 Å². The van der Waals surface area contributed by atoms with Gasteiger partial charge in [0.1, 0.15) is 0 Å². The zero-order valence-electron chi connectivity index (χ0n) is 13.1. The van der Waals surface area contributed by atoms with Crippen molar-refractivity contribution in [3.05, 3.63) is 29.8 Å². The first-order chi connectivity index (χ1) is 11.7. The topological polar surface area (TPSA) is 91.8 Å². The average molecular weight is 373 g/mol. The zero-order valence-corrected chi connectivity index (χ0v) is 14.0. The molecule has 1 aliphatic heterocycles. The second kappa shape index (κ2) is 6.36. The van der Waals surface area contributed by atoms with Crippen LogP contribution in [0.25, 0.3) is 0 Å². The summed E-state index contributed by atoms with van der Waals surface area (Å²) in [5.41, 5.74) is 0.147. The van der Waals surface area contributed by atoms with Gasteiger partial charge >= 0.3 is 11.7 Å². The number of carbonyl (C=O) groups excluding carboxylic acids is 1. The van der Waals surface area contributed by atoms with E-state index in [9.17, 15) is 31.9 Å². The molecule has 1 aliphatic carbocycles. The molecule has 2 aliphatic rings. The predicted octanol–water partition coefficient (Wildman–Crippen LogP) is 1.87. The molecule has 25 heavy (non-hydrogen) atoms. The van der Waals surface area contributed by atoms with E-state index in [-0.39, 0.29) is 18.0 Å². The van der Waals surface area contributed by atoms with Gasteiger partial charge in [0.05, 0.1) is 10.8 Å². The van der Waals surface area contributed by atoms with E-state index >= 15 is 0 Å². The van der Waals surface area contributed by atoms with Crippen molar-refractivity contribution < 1.29 is 31.9 Å². The van der Waals surface area contributed by atoms with Gasteiger partial charge in [0, 0.05) is 18.7 Å². The average Bonchev–Trinajstić information content (AvgIpc) is 3.32. The number of aliphatic carboxylic acids is 1. The molecule has 0 unspecified atom stereocenters. The second-order valence-corrected chi connectivity index (χ2v) is 8.40. The van der Waals surface area contributed by atoms with Gasteiger partial charge in [-0.1, -0.05) is 0 Å². The van der Waals surface area contributed by atoms with Gasteiger partial charge in [-0.3, -0.25) is 9.59 Å². The summed E-state index contributed by atoms with van der Waals surface area (Å²) < 4.78 is 47.9. The standard InChI is InChI=1S/C16H17F2NO5S/c17-16(18)25(23,24)11-5-3-10(4-6-11)14(20)19-7-12(9-1-2-9)13(8-19)15(21)22/h3-6,9,12-13,16H,1-2,7-8H2,(H,21,22)/t12-,13+/m1/s1. The van der Waals surface area contributed by atoms with E-state index < -0.39 is 38.3 Å². The lowest BCUT2D eigenvalue weighted by Crippen LogP contribution is -2.30. The fourth-order valence-corrected chi connectivity index (χ4v) is 4.05. The fraction of sp³-hybridized carbons (Fsp3) is 0.500. The summed E-state index contributed by atoms with van der Waals surface area (Å²) in [6.07, 6.45) is 1.94. The first-order valence-electron chi connectivity index (χ1n) is 7.86. The summed E-state index contributed by atoms with van der Waals surface area (Å²) in [5.74, 6) is -5.21. The molecule has 1 aromatic rings. The molecule has 3 rings (SSSR count). The van der Waals surface area contributed by atoms with E-state index in [0.717, 1.165) is 25.0 Å². The number of alkyl halides is 2. The molecule has 1 amide bonds. The Kier molecular flexibility index (Phi) is 4.52. The van der Waals surface area contributed by atoms with Gasteiger partial charge in [-0.15, -0.1) is 0 Å². The molecule has 1 N–H and O–H groups in total. The third kappa shape index (κ3) is 3.37.